The minimum Gasteiger partial charge on any atom is -0.305 e. The van der Waals surface area contributed by atoms with Crippen LogP contribution in [0.15, 0.2) is 24.3 Å². The van der Waals surface area contributed by atoms with Gasteiger partial charge in [-0.2, -0.15) is 0 Å². The molecule has 3 nitrogen and oxygen atoms in total. The van der Waals surface area contributed by atoms with Gasteiger partial charge in [-0.05, 0) is 31.5 Å². The molecule has 0 spiro atoms. The Bertz CT molecular complexity index is 515. The maximum Gasteiger partial charge on any atom is 0.156 e. The van der Waals surface area contributed by atoms with E-state index in [-0.39, 0.29) is 23.7 Å². The standard InChI is InChI=1S/C12H16FNO2S/c1-8-7-17(15,16)9(2)12(14-8)10-4-3-5-11(13)6-10/h3-6,8-9,12,14H,7H2,1-2H3. The Morgan fingerprint density at radius 2 is 2.06 bits per heavy atom. The van der Waals surface area contributed by atoms with Crippen molar-refractivity contribution in [3.05, 3.63) is 35.6 Å². The Hall–Kier alpha value is -0.940. The van der Waals surface area contributed by atoms with E-state index < -0.39 is 15.1 Å². The quantitative estimate of drug-likeness (QED) is 0.832. The molecule has 3 atom stereocenters. The molecule has 0 bridgehead atoms. The molecule has 1 fully saturated rings. The van der Waals surface area contributed by atoms with Gasteiger partial charge >= 0.3 is 0 Å². The second-order valence-corrected chi connectivity index (χ2v) is 7.04. The number of hydrogen-bond acceptors (Lipinski definition) is 3. The highest BCUT2D eigenvalue weighted by atomic mass is 32.2. The van der Waals surface area contributed by atoms with Crippen molar-refractivity contribution in [1.82, 2.24) is 5.32 Å². The molecule has 1 saturated heterocycles. The van der Waals surface area contributed by atoms with Gasteiger partial charge in [0.15, 0.2) is 9.84 Å². The van der Waals surface area contributed by atoms with Crippen molar-refractivity contribution in [2.24, 2.45) is 0 Å². The van der Waals surface area contributed by atoms with Crippen LogP contribution in [0.1, 0.15) is 25.5 Å². The van der Waals surface area contributed by atoms with Crippen molar-refractivity contribution in [2.45, 2.75) is 31.2 Å². The van der Waals surface area contributed by atoms with Crippen molar-refractivity contribution in [1.29, 1.82) is 0 Å². The second kappa shape index (κ2) is 4.38. The molecule has 1 aliphatic rings. The largest absolute Gasteiger partial charge is 0.305 e. The van der Waals surface area contributed by atoms with Crippen molar-refractivity contribution in [2.75, 3.05) is 5.75 Å². The molecule has 2 rings (SSSR count). The fourth-order valence-corrected chi connectivity index (χ4v) is 4.01. The van der Waals surface area contributed by atoms with E-state index in [1.54, 1.807) is 19.1 Å². The van der Waals surface area contributed by atoms with E-state index in [4.69, 9.17) is 0 Å². The number of sulfone groups is 1. The normalized spacial score (nSPS) is 32.3. The number of nitrogens with one attached hydrogen (secondary N) is 1. The Labute approximate surface area is 101 Å². The van der Waals surface area contributed by atoms with Crippen molar-refractivity contribution in [3.8, 4) is 0 Å². The summed E-state index contributed by atoms with van der Waals surface area (Å²) >= 11 is 0. The monoisotopic (exact) mass is 257 g/mol. The van der Waals surface area contributed by atoms with Gasteiger partial charge in [0, 0.05) is 12.1 Å². The van der Waals surface area contributed by atoms with Crippen LogP contribution >= 0.6 is 0 Å². The Morgan fingerprint density at radius 3 is 2.71 bits per heavy atom. The Morgan fingerprint density at radius 1 is 1.35 bits per heavy atom. The summed E-state index contributed by atoms with van der Waals surface area (Å²) < 4.78 is 37.0. The first-order valence-corrected chi connectivity index (χ1v) is 7.35. The molecule has 0 radical (unpaired) electrons. The van der Waals surface area contributed by atoms with Crippen LogP contribution in [0.25, 0.3) is 0 Å². The molecule has 17 heavy (non-hydrogen) atoms. The summed E-state index contributed by atoms with van der Waals surface area (Å²) in [5.41, 5.74) is 0.688. The fourth-order valence-electron chi connectivity index (χ4n) is 2.27. The molecule has 0 amide bonds. The molecule has 94 valence electrons. The Kier molecular flexibility index (Phi) is 3.23. The van der Waals surface area contributed by atoms with E-state index in [1.807, 2.05) is 6.92 Å². The van der Waals surface area contributed by atoms with Crippen LogP contribution in [0.4, 0.5) is 4.39 Å². The van der Waals surface area contributed by atoms with Gasteiger partial charge in [-0.25, -0.2) is 12.8 Å². The van der Waals surface area contributed by atoms with Crippen molar-refractivity contribution >= 4 is 9.84 Å². The second-order valence-electron chi connectivity index (χ2n) is 4.64. The topological polar surface area (TPSA) is 46.2 Å². The highest BCUT2D eigenvalue weighted by molar-refractivity contribution is 7.92. The molecular formula is C12H16FNO2S. The minimum atomic E-state index is -3.11. The summed E-state index contributed by atoms with van der Waals surface area (Å²) in [6, 6.07) is 5.66. The third-order valence-corrected chi connectivity index (χ3v) is 5.56. The van der Waals surface area contributed by atoms with Crippen molar-refractivity contribution in [3.63, 3.8) is 0 Å². The van der Waals surface area contributed by atoms with Crippen molar-refractivity contribution < 1.29 is 12.8 Å². The molecule has 1 N–H and O–H groups in total. The molecule has 0 aromatic heterocycles. The first kappa shape index (κ1) is 12.5. The zero-order valence-electron chi connectivity index (χ0n) is 9.85. The van der Waals surface area contributed by atoms with Crippen LogP contribution < -0.4 is 5.32 Å². The van der Waals surface area contributed by atoms with Gasteiger partial charge < -0.3 is 5.32 Å². The molecular weight excluding hydrogens is 241 g/mol. The lowest BCUT2D eigenvalue weighted by atomic mass is 10.0. The van der Waals surface area contributed by atoms with E-state index in [0.29, 0.717) is 5.56 Å². The summed E-state index contributed by atoms with van der Waals surface area (Å²) in [5, 5.41) is 2.69. The number of hydrogen-bond donors (Lipinski definition) is 1. The Balaban J connectivity index is 2.38. The third-order valence-electron chi connectivity index (χ3n) is 3.19. The fraction of sp³-hybridized carbons (Fsp3) is 0.500. The number of benzene rings is 1. The number of rotatable bonds is 1. The van der Waals surface area contributed by atoms with Crippen LogP contribution in [-0.2, 0) is 9.84 Å². The molecule has 1 aromatic rings. The van der Waals surface area contributed by atoms with E-state index >= 15 is 0 Å². The molecule has 1 aromatic carbocycles. The predicted octanol–water partition coefficient (Wildman–Crippen LogP) is 1.66. The molecule has 1 heterocycles. The minimum absolute atomic E-state index is 0.107. The van der Waals surface area contributed by atoms with E-state index in [9.17, 15) is 12.8 Å². The zero-order valence-corrected chi connectivity index (χ0v) is 10.7. The first-order chi connectivity index (χ1) is 7.90. The maximum atomic E-state index is 13.2. The SMILES string of the molecule is CC1CS(=O)(=O)C(C)C(c2cccc(F)c2)N1. The van der Waals surface area contributed by atoms with Crippen LogP contribution in [-0.4, -0.2) is 25.5 Å². The van der Waals surface area contributed by atoms with Crippen LogP contribution in [0, 0.1) is 5.82 Å². The van der Waals surface area contributed by atoms with Gasteiger partial charge in [-0.3, -0.25) is 0 Å². The highest BCUT2D eigenvalue weighted by Gasteiger charge is 2.37. The van der Waals surface area contributed by atoms with Gasteiger partial charge in [0.1, 0.15) is 5.82 Å². The summed E-state index contributed by atoms with van der Waals surface area (Å²) in [7, 11) is -3.11. The summed E-state index contributed by atoms with van der Waals surface area (Å²) in [5.74, 6) is -0.202. The van der Waals surface area contributed by atoms with Crippen LogP contribution in [0.5, 0.6) is 0 Å². The average Bonchev–Trinajstić information content (AvgIpc) is 2.22. The number of halogens is 1. The van der Waals surface area contributed by atoms with Gasteiger partial charge in [0.2, 0.25) is 0 Å². The maximum absolute atomic E-state index is 13.2. The van der Waals surface area contributed by atoms with E-state index in [0.717, 1.165) is 0 Å². The average molecular weight is 257 g/mol. The van der Waals surface area contributed by atoms with Gasteiger partial charge in [-0.15, -0.1) is 0 Å². The summed E-state index contributed by atoms with van der Waals surface area (Å²) in [4.78, 5) is 0. The van der Waals surface area contributed by atoms with Gasteiger partial charge in [-0.1, -0.05) is 12.1 Å². The summed E-state index contributed by atoms with van der Waals surface area (Å²) in [6.07, 6.45) is 0. The van der Waals surface area contributed by atoms with E-state index in [1.165, 1.54) is 12.1 Å². The van der Waals surface area contributed by atoms with Gasteiger partial charge in [0.25, 0.3) is 0 Å². The molecule has 1 aliphatic heterocycles. The van der Waals surface area contributed by atoms with Crippen LogP contribution in [0.3, 0.4) is 0 Å². The summed E-state index contributed by atoms with van der Waals surface area (Å²) in [6.45, 7) is 3.50. The predicted molar refractivity (Wildman–Crippen MR) is 65.0 cm³/mol. The molecule has 3 unspecified atom stereocenters. The molecule has 0 aliphatic carbocycles. The third kappa shape index (κ3) is 2.50. The lowest BCUT2D eigenvalue weighted by Gasteiger charge is -2.34. The smallest absolute Gasteiger partial charge is 0.156 e. The molecule has 0 saturated carbocycles. The van der Waals surface area contributed by atoms with Gasteiger partial charge in [0.05, 0.1) is 11.0 Å². The lowest BCUT2D eigenvalue weighted by molar-refractivity contribution is 0.426. The van der Waals surface area contributed by atoms with Crippen LogP contribution in [0.2, 0.25) is 0 Å². The van der Waals surface area contributed by atoms with E-state index in [2.05, 4.69) is 5.32 Å². The first-order valence-electron chi connectivity index (χ1n) is 5.63. The lowest BCUT2D eigenvalue weighted by Crippen LogP contribution is -2.50. The molecule has 5 heteroatoms. The highest BCUT2D eigenvalue weighted by Crippen LogP contribution is 2.27. The zero-order chi connectivity index (χ0) is 12.6.